The zero-order chi connectivity index (χ0) is 13.7. The summed E-state index contributed by atoms with van der Waals surface area (Å²) in [5, 5.41) is 12.1. The van der Waals surface area contributed by atoms with E-state index in [0.717, 1.165) is 10.9 Å². The number of anilines is 1. The Bertz CT molecular complexity index is 576. The van der Waals surface area contributed by atoms with Crippen molar-refractivity contribution in [2.75, 3.05) is 11.9 Å². The average Bonchev–Trinajstić information content (AvgIpc) is 2.41. The number of nitrogens with zero attached hydrogens (tertiary/aromatic N) is 1. The first-order valence-electron chi connectivity index (χ1n) is 5.82. The van der Waals surface area contributed by atoms with E-state index in [0.29, 0.717) is 12.2 Å². The van der Waals surface area contributed by atoms with E-state index in [9.17, 15) is 4.79 Å². The number of aromatic carboxylic acids is 1. The van der Waals surface area contributed by atoms with E-state index in [2.05, 4.69) is 26.2 Å². The summed E-state index contributed by atoms with van der Waals surface area (Å²) in [5.74, 6) is -0.950. The Morgan fingerprint density at radius 3 is 2.60 bits per heavy atom. The molecule has 20 heavy (non-hydrogen) atoms. The minimum Gasteiger partial charge on any atom is -0.478 e. The highest BCUT2D eigenvalue weighted by Gasteiger charge is 2.08. The summed E-state index contributed by atoms with van der Waals surface area (Å²) in [5.41, 5.74) is 1.98. The quantitative estimate of drug-likeness (QED) is 0.858. The summed E-state index contributed by atoms with van der Waals surface area (Å²) >= 11 is 3.39. The molecule has 106 valence electrons. The highest BCUT2D eigenvalue weighted by atomic mass is 79.9. The van der Waals surface area contributed by atoms with Gasteiger partial charge in [0.05, 0.1) is 17.4 Å². The monoisotopic (exact) mass is 356 g/mol. The highest BCUT2D eigenvalue weighted by Crippen LogP contribution is 2.14. The van der Waals surface area contributed by atoms with Gasteiger partial charge in [-0.3, -0.25) is 4.98 Å². The van der Waals surface area contributed by atoms with E-state index in [1.807, 2.05) is 24.3 Å². The summed E-state index contributed by atoms with van der Waals surface area (Å²) in [4.78, 5) is 15.0. The fraction of sp³-hybridized carbons (Fsp3) is 0.143. The molecular weight excluding hydrogens is 344 g/mol. The first kappa shape index (κ1) is 16.5. The van der Waals surface area contributed by atoms with Crippen LogP contribution >= 0.6 is 28.3 Å². The molecule has 0 fully saturated rings. The number of halogens is 2. The minimum atomic E-state index is -0.950. The first-order valence-corrected chi connectivity index (χ1v) is 6.62. The molecule has 0 spiro atoms. The molecule has 0 unspecified atom stereocenters. The number of benzene rings is 1. The van der Waals surface area contributed by atoms with Gasteiger partial charge in [-0.05, 0) is 30.2 Å². The molecule has 6 heteroatoms. The largest absolute Gasteiger partial charge is 0.478 e. The third-order valence-electron chi connectivity index (χ3n) is 2.69. The van der Waals surface area contributed by atoms with Gasteiger partial charge in [-0.25, -0.2) is 4.79 Å². The van der Waals surface area contributed by atoms with E-state index in [-0.39, 0.29) is 18.0 Å². The molecule has 0 aliphatic heterocycles. The lowest BCUT2D eigenvalue weighted by molar-refractivity contribution is 0.0698. The van der Waals surface area contributed by atoms with Crippen molar-refractivity contribution in [3.05, 3.63) is 58.3 Å². The lowest BCUT2D eigenvalue weighted by atomic mass is 10.1. The number of carboxylic acid groups (broad SMARTS) is 1. The number of aromatic nitrogens is 1. The molecule has 2 rings (SSSR count). The summed E-state index contributed by atoms with van der Waals surface area (Å²) in [6.07, 6.45) is 3.83. The van der Waals surface area contributed by atoms with Gasteiger partial charge >= 0.3 is 5.97 Å². The lowest BCUT2D eigenvalue weighted by Crippen LogP contribution is -2.09. The maximum Gasteiger partial charge on any atom is 0.337 e. The summed E-state index contributed by atoms with van der Waals surface area (Å²) < 4.78 is 1.05. The molecule has 0 aliphatic rings. The molecule has 2 N–H and O–H groups in total. The van der Waals surface area contributed by atoms with Crippen molar-refractivity contribution < 1.29 is 9.90 Å². The molecule has 2 aromatic rings. The zero-order valence-electron chi connectivity index (χ0n) is 10.5. The Morgan fingerprint density at radius 2 is 1.95 bits per heavy atom. The molecule has 0 saturated heterocycles. The predicted octanol–water partition coefficient (Wildman–Crippen LogP) is 3.62. The van der Waals surface area contributed by atoms with Crippen molar-refractivity contribution in [1.82, 2.24) is 4.98 Å². The van der Waals surface area contributed by atoms with Crippen molar-refractivity contribution in [3.8, 4) is 0 Å². The van der Waals surface area contributed by atoms with Crippen LogP contribution in [0.3, 0.4) is 0 Å². The van der Waals surface area contributed by atoms with Crippen LogP contribution in [0.15, 0.2) is 47.2 Å². The normalized spacial score (nSPS) is 9.65. The Hall–Kier alpha value is -1.59. The average molecular weight is 358 g/mol. The molecule has 0 aliphatic carbocycles. The number of hydrogen-bond acceptors (Lipinski definition) is 3. The molecule has 0 amide bonds. The van der Waals surface area contributed by atoms with Gasteiger partial charge in [0.1, 0.15) is 0 Å². The fourth-order valence-corrected chi connectivity index (χ4v) is 1.98. The SMILES string of the molecule is Cl.O=C(O)c1ccncc1NCCc1ccc(Br)cc1. The van der Waals surface area contributed by atoms with Gasteiger partial charge in [-0.2, -0.15) is 0 Å². The fourth-order valence-electron chi connectivity index (χ4n) is 1.71. The second-order valence-electron chi connectivity index (χ2n) is 4.03. The number of carboxylic acids is 1. The van der Waals surface area contributed by atoms with Crippen LogP contribution in [0.5, 0.6) is 0 Å². The summed E-state index contributed by atoms with van der Waals surface area (Å²) in [6, 6.07) is 9.54. The maximum absolute atomic E-state index is 11.0. The second kappa shape index (κ2) is 7.87. The third kappa shape index (κ3) is 4.51. The van der Waals surface area contributed by atoms with Crippen LogP contribution in [0, 0.1) is 0 Å². The molecular formula is C14H14BrClN2O2. The van der Waals surface area contributed by atoms with Gasteiger partial charge in [-0.1, -0.05) is 28.1 Å². The molecule has 0 atom stereocenters. The Kier molecular flexibility index (Phi) is 6.48. The third-order valence-corrected chi connectivity index (χ3v) is 3.22. The number of nitrogens with one attached hydrogen (secondary N) is 1. The molecule has 0 bridgehead atoms. The standard InChI is InChI=1S/C14H13BrN2O2.ClH/c15-11-3-1-10(2-4-11)5-8-17-13-9-16-7-6-12(13)14(18)19;/h1-4,6-7,9,17H,5,8H2,(H,18,19);1H. The first-order chi connectivity index (χ1) is 9.16. The van der Waals surface area contributed by atoms with Gasteiger partial charge in [-0.15, -0.1) is 12.4 Å². The van der Waals surface area contributed by atoms with Crippen LogP contribution in [0.25, 0.3) is 0 Å². The maximum atomic E-state index is 11.0. The molecule has 4 nitrogen and oxygen atoms in total. The van der Waals surface area contributed by atoms with Crippen molar-refractivity contribution >= 4 is 40.0 Å². The van der Waals surface area contributed by atoms with E-state index >= 15 is 0 Å². The topological polar surface area (TPSA) is 62.2 Å². The number of rotatable bonds is 5. The van der Waals surface area contributed by atoms with Crippen molar-refractivity contribution in [1.29, 1.82) is 0 Å². The predicted molar refractivity (Wildman–Crippen MR) is 84.8 cm³/mol. The van der Waals surface area contributed by atoms with Crippen LogP contribution in [-0.2, 0) is 6.42 Å². The van der Waals surface area contributed by atoms with Crippen LogP contribution in [0.1, 0.15) is 15.9 Å². The van der Waals surface area contributed by atoms with Crippen molar-refractivity contribution in [2.45, 2.75) is 6.42 Å². The van der Waals surface area contributed by atoms with Gasteiger partial charge in [0, 0.05) is 17.2 Å². The Balaban J connectivity index is 0.00000200. The Morgan fingerprint density at radius 1 is 1.25 bits per heavy atom. The van der Waals surface area contributed by atoms with E-state index in [4.69, 9.17) is 5.11 Å². The van der Waals surface area contributed by atoms with Crippen LogP contribution in [0.4, 0.5) is 5.69 Å². The zero-order valence-corrected chi connectivity index (χ0v) is 12.9. The van der Waals surface area contributed by atoms with E-state index < -0.39 is 5.97 Å². The van der Waals surface area contributed by atoms with Crippen LogP contribution < -0.4 is 5.32 Å². The van der Waals surface area contributed by atoms with Gasteiger partial charge in [0.2, 0.25) is 0 Å². The summed E-state index contributed by atoms with van der Waals surface area (Å²) in [6.45, 7) is 0.660. The highest BCUT2D eigenvalue weighted by molar-refractivity contribution is 9.10. The lowest BCUT2D eigenvalue weighted by Gasteiger charge is -2.08. The van der Waals surface area contributed by atoms with Gasteiger partial charge < -0.3 is 10.4 Å². The number of pyridine rings is 1. The molecule has 1 aromatic carbocycles. The molecule has 1 aromatic heterocycles. The number of hydrogen-bond donors (Lipinski definition) is 2. The van der Waals surface area contributed by atoms with Crippen molar-refractivity contribution in [2.24, 2.45) is 0 Å². The van der Waals surface area contributed by atoms with Crippen molar-refractivity contribution in [3.63, 3.8) is 0 Å². The minimum absolute atomic E-state index is 0. The second-order valence-corrected chi connectivity index (χ2v) is 4.95. The Labute approximate surface area is 131 Å². The number of carbonyl (C=O) groups is 1. The molecule has 1 heterocycles. The van der Waals surface area contributed by atoms with Gasteiger partial charge in [0.25, 0.3) is 0 Å². The van der Waals surface area contributed by atoms with E-state index in [1.165, 1.54) is 24.0 Å². The van der Waals surface area contributed by atoms with E-state index in [1.54, 1.807) is 0 Å². The summed E-state index contributed by atoms with van der Waals surface area (Å²) in [7, 11) is 0. The molecule has 0 radical (unpaired) electrons. The van der Waals surface area contributed by atoms with Crippen LogP contribution in [0.2, 0.25) is 0 Å². The molecule has 0 saturated carbocycles. The van der Waals surface area contributed by atoms with Crippen LogP contribution in [-0.4, -0.2) is 22.6 Å². The smallest absolute Gasteiger partial charge is 0.337 e. The van der Waals surface area contributed by atoms with Gasteiger partial charge in [0.15, 0.2) is 0 Å².